The second-order valence-electron chi connectivity index (χ2n) is 7.45. The first kappa shape index (κ1) is 20.9. The van der Waals surface area contributed by atoms with Gasteiger partial charge < -0.3 is 5.11 Å². The predicted octanol–water partition coefficient (Wildman–Crippen LogP) is 4.97. The Balaban J connectivity index is 2.25. The second-order valence-corrected chi connectivity index (χ2v) is 11.7. The Kier molecular flexibility index (Phi) is 4.95. The zero-order valence-electron chi connectivity index (χ0n) is 15.4. The third-order valence-electron chi connectivity index (χ3n) is 5.69. The molecule has 0 aliphatic carbocycles. The lowest BCUT2D eigenvalue weighted by Gasteiger charge is -2.33. The number of hydrogen-bond acceptors (Lipinski definition) is 1. The van der Waals surface area contributed by atoms with Crippen molar-refractivity contribution in [1.82, 2.24) is 0 Å². The number of aliphatic hydroxyl groups is 1. The second kappa shape index (κ2) is 6.62. The molecule has 3 rings (SSSR count). The minimum Gasteiger partial charge on any atom is -0.369 e. The Bertz CT molecular complexity index is 875. The zero-order valence-corrected chi connectivity index (χ0v) is 16.4. The highest BCUT2D eigenvalue weighted by Gasteiger charge is 2.71. The monoisotopic (exact) mass is 418 g/mol. The van der Waals surface area contributed by atoms with Gasteiger partial charge in [0.2, 0.25) is 0 Å². The molecule has 1 atom stereocenters. The summed E-state index contributed by atoms with van der Waals surface area (Å²) in [5, 5.41) is 11.6. The summed E-state index contributed by atoms with van der Waals surface area (Å²) < 4.78 is 79.7. The molecule has 2 aromatic carbocycles. The highest BCUT2D eigenvalue weighted by molar-refractivity contribution is 7.04. The minimum absolute atomic E-state index is 0.366. The molecule has 28 heavy (non-hydrogen) atoms. The zero-order chi connectivity index (χ0) is 21.0. The van der Waals surface area contributed by atoms with Crippen LogP contribution in [0.1, 0.15) is 25.3 Å². The van der Waals surface area contributed by atoms with Crippen LogP contribution in [0.2, 0.25) is 12.6 Å². The van der Waals surface area contributed by atoms with Gasteiger partial charge in [-0.3, -0.25) is 0 Å². The molecule has 8 heteroatoms. The van der Waals surface area contributed by atoms with Gasteiger partial charge in [0.05, 0.1) is 0 Å². The van der Waals surface area contributed by atoms with E-state index in [2.05, 4.69) is 6.55 Å². The van der Waals surface area contributed by atoms with Crippen molar-refractivity contribution in [3.05, 3.63) is 48.0 Å². The molecule has 0 bridgehead atoms. The average Bonchev–Trinajstić information content (AvgIpc) is 2.87. The largest absolute Gasteiger partial charge is 0.430 e. The molecule has 1 nitrogen and oxygen atoms in total. The Morgan fingerprint density at radius 1 is 0.857 bits per heavy atom. The Hall–Kier alpha value is -1.80. The highest BCUT2D eigenvalue weighted by atomic mass is 28.3. The maximum absolute atomic E-state index is 13.3. The Morgan fingerprint density at radius 2 is 1.43 bits per heavy atom. The highest BCUT2D eigenvalue weighted by Crippen LogP contribution is 2.50. The lowest BCUT2D eigenvalue weighted by molar-refractivity contribution is -0.376. The smallest absolute Gasteiger partial charge is 0.369 e. The molecule has 0 radical (unpaired) electrons. The van der Waals surface area contributed by atoms with Gasteiger partial charge in [-0.15, -0.1) is 0 Å². The predicted molar refractivity (Wildman–Crippen MR) is 98.5 cm³/mol. The van der Waals surface area contributed by atoms with E-state index in [1.807, 2.05) is 19.1 Å². The maximum atomic E-state index is 13.3. The van der Waals surface area contributed by atoms with Crippen LogP contribution in [0.25, 0.3) is 11.1 Å². The lowest BCUT2D eigenvalue weighted by Crippen LogP contribution is -2.54. The van der Waals surface area contributed by atoms with E-state index in [-0.39, 0.29) is 0 Å². The fourth-order valence-corrected chi connectivity index (χ4v) is 8.52. The summed E-state index contributed by atoms with van der Waals surface area (Å²) in [5.74, 6) is 0. The van der Waals surface area contributed by atoms with Crippen LogP contribution in [0, 0.1) is 0 Å². The molecule has 1 aliphatic rings. The molecule has 0 amide bonds. The van der Waals surface area contributed by atoms with Gasteiger partial charge in [0, 0.05) is 5.56 Å². The standard InChI is InChI=1S/C20H20F6OSi/c1-3-4-11-28(2)16-8-6-5-7-14(16)15-12-13(9-10-17(15)28)18(27,19(21,22)23)20(24,25)26/h5-10,12,27H,3-4,11H2,1-2H3. The van der Waals surface area contributed by atoms with Gasteiger partial charge >= 0.3 is 12.4 Å². The summed E-state index contributed by atoms with van der Waals surface area (Å²) in [4.78, 5) is 0. The molecule has 2 aromatic rings. The fourth-order valence-electron chi connectivity index (χ4n) is 4.11. The minimum atomic E-state index is -5.89. The lowest BCUT2D eigenvalue weighted by atomic mass is 9.90. The van der Waals surface area contributed by atoms with E-state index >= 15 is 0 Å². The molecule has 152 valence electrons. The average molecular weight is 418 g/mol. The first-order valence-corrected chi connectivity index (χ1v) is 11.7. The number of fused-ring (bicyclic) bond motifs is 3. The summed E-state index contributed by atoms with van der Waals surface area (Å²) in [7, 11) is -2.27. The summed E-state index contributed by atoms with van der Waals surface area (Å²) in [6.07, 6.45) is -9.91. The number of unbranched alkanes of at least 4 members (excludes halogenated alkanes) is 1. The molecule has 0 aromatic heterocycles. The van der Waals surface area contributed by atoms with Gasteiger partial charge in [-0.25, -0.2) is 0 Å². The van der Waals surface area contributed by atoms with Crippen LogP contribution in [0.4, 0.5) is 26.3 Å². The number of alkyl halides is 6. The SMILES string of the molecule is CCCC[Si]1(C)c2ccccc2-c2cc(C(O)(C(F)(F)F)C(F)(F)F)ccc21. The molecule has 1 N–H and O–H groups in total. The molecule has 0 fully saturated rings. The topological polar surface area (TPSA) is 20.2 Å². The van der Waals surface area contributed by atoms with E-state index in [0.717, 1.165) is 41.4 Å². The van der Waals surface area contributed by atoms with E-state index < -0.39 is 31.6 Å². The van der Waals surface area contributed by atoms with Gasteiger partial charge in [0.1, 0.15) is 8.07 Å². The van der Waals surface area contributed by atoms with E-state index in [9.17, 15) is 31.4 Å². The van der Waals surface area contributed by atoms with E-state index in [4.69, 9.17) is 0 Å². The third kappa shape index (κ3) is 2.88. The van der Waals surface area contributed by atoms with Crippen LogP contribution in [0.5, 0.6) is 0 Å². The van der Waals surface area contributed by atoms with Crippen molar-refractivity contribution in [1.29, 1.82) is 0 Å². The van der Waals surface area contributed by atoms with Crippen molar-refractivity contribution in [3.63, 3.8) is 0 Å². The Labute approximate surface area is 160 Å². The molecule has 0 saturated heterocycles. The van der Waals surface area contributed by atoms with Gasteiger partial charge in [-0.1, -0.05) is 62.7 Å². The molecule has 0 spiro atoms. The molecule has 1 heterocycles. The third-order valence-corrected chi connectivity index (χ3v) is 10.3. The van der Waals surface area contributed by atoms with Crippen molar-refractivity contribution >= 4 is 18.4 Å². The first-order valence-electron chi connectivity index (χ1n) is 8.98. The summed E-state index contributed by atoms with van der Waals surface area (Å²) in [5.41, 5.74) is -5.08. The number of hydrogen-bond donors (Lipinski definition) is 1. The summed E-state index contributed by atoms with van der Waals surface area (Å²) in [6.45, 7) is 4.13. The van der Waals surface area contributed by atoms with E-state index in [0.29, 0.717) is 11.1 Å². The van der Waals surface area contributed by atoms with Gasteiger partial charge in [0.15, 0.2) is 0 Å². The van der Waals surface area contributed by atoms with Crippen LogP contribution in [-0.4, -0.2) is 25.5 Å². The van der Waals surface area contributed by atoms with E-state index in [1.54, 1.807) is 12.1 Å². The van der Waals surface area contributed by atoms with Gasteiger partial charge in [-0.05, 0) is 33.6 Å². The number of rotatable bonds is 4. The fraction of sp³-hybridized carbons (Fsp3) is 0.400. The van der Waals surface area contributed by atoms with Gasteiger partial charge in [0.25, 0.3) is 5.60 Å². The summed E-state index contributed by atoms with van der Waals surface area (Å²) >= 11 is 0. The van der Waals surface area contributed by atoms with Gasteiger partial charge in [-0.2, -0.15) is 26.3 Å². The van der Waals surface area contributed by atoms with Crippen molar-refractivity contribution < 1.29 is 31.4 Å². The van der Waals surface area contributed by atoms with Crippen LogP contribution >= 0.6 is 0 Å². The number of halogens is 6. The number of benzene rings is 2. The van der Waals surface area contributed by atoms with Crippen molar-refractivity contribution in [2.75, 3.05) is 0 Å². The van der Waals surface area contributed by atoms with Crippen LogP contribution in [0.3, 0.4) is 0 Å². The van der Waals surface area contributed by atoms with Crippen molar-refractivity contribution in [2.45, 2.75) is 50.3 Å². The quantitative estimate of drug-likeness (QED) is 0.549. The van der Waals surface area contributed by atoms with Crippen molar-refractivity contribution in [2.24, 2.45) is 0 Å². The molecular formula is C20H20F6OSi. The molecule has 1 aliphatic heterocycles. The molecule has 1 unspecified atom stereocenters. The Morgan fingerprint density at radius 3 is 2.00 bits per heavy atom. The van der Waals surface area contributed by atoms with Crippen molar-refractivity contribution in [3.8, 4) is 11.1 Å². The van der Waals surface area contributed by atoms with Crippen LogP contribution in [0.15, 0.2) is 42.5 Å². The first-order chi connectivity index (χ1) is 12.9. The maximum Gasteiger partial charge on any atom is 0.430 e. The van der Waals surface area contributed by atoms with E-state index in [1.165, 1.54) is 6.07 Å². The normalized spacial score (nSPS) is 19.5. The molecule has 0 saturated carbocycles. The van der Waals surface area contributed by atoms with Crippen LogP contribution < -0.4 is 10.4 Å². The molecular weight excluding hydrogens is 398 g/mol. The van der Waals surface area contributed by atoms with Crippen LogP contribution in [-0.2, 0) is 5.60 Å². The summed E-state index contributed by atoms with van der Waals surface area (Å²) in [6, 6.07) is 11.1.